The lowest BCUT2D eigenvalue weighted by Gasteiger charge is -2.34. The highest BCUT2D eigenvalue weighted by atomic mass is 35.5. The average Bonchev–Trinajstić information content (AvgIpc) is 2.69. The third-order valence-corrected chi connectivity index (χ3v) is 5.59. The number of carboxylic acids is 1. The van der Waals surface area contributed by atoms with Gasteiger partial charge in [0.25, 0.3) is 5.91 Å². The minimum atomic E-state index is -1.18. The third kappa shape index (κ3) is 5.31. The molecule has 160 valence electrons. The predicted octanol–water partition coefficient (Wildman–Crippen LogP) is 3.07. The van der Waals surface area contributed by atoms with Crippen molar-refractivity contribution in [3.8, 4) is 5.75 Å². The highest BCUT2D eigenvalue weighted by Gasteiger charge is 2.24. The van der Waals surface area contributed by atoms with Gasteiger partial charge in [0, 0.05) is 24.5 Å². The van der Waals surface area contributed by atoms with Crippen molar-refractivity contribution >= 4 is 40.8 Å². The molecule has 0 atom stereocenters. The zero-order valence-corrected chi connectivity index (χ0v) is 17.9. The molecule has 8 nitrogen and oxygen atoms in total. The smallest absolute Gasteiger partial charge is 0.322 e. The van der Waals surface area contributed by atoms with Crippen LogP contribution in [-0.2, 0) is 11.2 Å². The van der Waals surface area contributed by atoms with Crippen LogP contribution < -0.4 is 10.2 Å². The van der Waals surface area contributed by atoms with Crippen molar-refractivity contribution in [2.24, 2.45) is 5.92 Å². The molecule has 3 N–H and O–H groups in total. The molecule has 0 unspecified atom stereocenters. The molecule has 0 aliphatic carbocycles. The van der Waals surface area contributed by atoms with Gasteiger partial charge in [-0.3, -0.25) is 9.59 Å². The largest absolute Gasteiger partial charge is 0.504 e. The molecule has 1 aromatic heterocycles. The second-order valence-electron chi connectivity index (χ2n) is 7.23. The first-order valence-corrected chi connectivity index (χ1v) is 10.3. The van der Waals surface area contributed by atoms with E-state index in [1.165, 1.54) is 0 Å². The maximum absolute atomic E-state index is 12.2. The molecule has 0 spiro atoms. The third-order valence-electron chi connectivity index (χ3n) is 5.06. The molecule has 2 aromatic rings. The topological polar surface area (TPSA) is 116 Å². The fourth-order valence-electron chi connectivity index (χ4n) is 3.49. The Morgan fingerprint density at radius 1 is 1.23 bits per heavy atom. The lowest BCUT2D eigenvalue weighted by molar-refractivity contribution is -0.135. The van der Waals surface area contributed by atoms with Crippen LogP contribution in [0.5, 0.6) is 5.75 Å². The van der Waals surface area contributed by atoms with Crippen molar-refractivity contribution in [3.05, 3.63) is 45.5 Å². The van der Waals surface area contributed by atoms with Crippen LogP contribution in [0.1, 0.15) is 34.8 Å². The van der Waals surface area contributed by atoms with Gasteiger partial charge in [0.1, 0.15) is 12.4 Å². The number of halogens is 2. The average molecular weight is 453 g/mol. The van der Waals surface area contributed by atoms with Gasteiger partial charge >= 0.3 is 5.97 Å². The van der Waals surface area contributed by atoms with Crippen LogP contribution in [0.15, 0.2) is 18.2 Å². The number of carbonyl (C=O) groups is 2. The van der Waals surface area contributed by atoms with Crippen molar-refractivity contribution in [3.63, 3.8) is 0 Å². The molecule has 1 saturated heterocycles. The molecule has 2 heterocycles. The van der Waals surface area contributed by atoms with Gasteiger partial charge in [0.2, 0.25) is 0 Å². The number of piperidine rings is 1. The van der Waals surface area contributed by atoms with E-state index in [2.05, 4.69) is 20.2 Å². The summed E-state index contributed by atoms with van der Waals surface area (Å²) in [6.07, 6.45) is 2.34. The van der Waals surface area contributed by atoms with Crippen molar-refractivity contribution in [2.45, 2.75) is 26.2 Å². The fourth-order valence-corrected chi connectivity index (χ4v) is 4.02. The maximum atomic E-state index is 12.2. The highest BCUT2D eigenvalue weighted by Crippen LogP contribution is 2.32. The minimum Gasteiger partial charge on any atom is -0.504 e. The lowest BCUT2D eigenvalue weighted by atomic mass is 9.93. The van der Waals surface area contributed by atoms with Crippen LogP contribution in [0.3, 0.4) is 0 Å². The molecular formula is C20H22Cl2N4O4. The lowest BCUT2D eigenvalue weighted by Crippen LogP contribution is -2.35. The van der Waals surface area contributed by atoms with Gasteiger partial charge in [0.05, 0.1) is 16.4 Å². The Hall–Kier alpha value is -2.58. The van der Waals surface area contributed by atoms with E-state index >= 15 is 0 Å². The number of hydrogen-bond donors (Lipinski definition) is 3. The van der Waals surface area contributed by atoms with Crippen molar-refractivity contribution < 1.29 is 19.8 Å². The van der Waals surface area contributed by atoms with Crippen molar-refractivity contribution in [1.82, 2.24) is 15.3 Å². The number of aliphatic carboxylic acids is 1. The van der Waals surface area contributed by atoms with E-state index in [-0.39, 0.29) is 17.1 Å². The summed E-state index contributed by atoms with van der Waals surface area (Å²) in [5.41, 5.74) is 1.03. The molecule has 30 heavy (non-hydrogen) atoms. The van der Waals surface area contributed by atoms with Gasteiger partial charge in [-0.05, 0) is 43.9 Å². The summed E-state index contributed by atoms with van der Waals surface area (Å²) >= 11 is 12.3. The van der Waals surface area contributed by atoms with E-state index in [1.807, 2.05) is 12.1 Å². The van der Waals surface area contributed by atoms with Gasteiger partial charge in [0.15, 0.2) is 11.4 Å². The summed E-state index contributed by atoms with van der Waals surface area (Å²) in [6, 6.07) is 5.47. The monoisotopic (exact) mass is 452 g/mol. The number of hydrogen-bond acceptors (Lipinski definition) is 6. The van der Waals surface area contributed by atoms with Crippen LogP contribution in [0, 0.1) is 12.8 Å². The Balaban J connectivity index is 1.66. The standard InChI is InChI=1S/C20H22Cl2N4O4/c1-11-19(29)18(20(30)23-10-17(27)28)25-16(24-11)8-12-4-6-26(7-5-12)15-3-2-13(21)9-14(15)22/h2-3,9,12,29H,4-8,10H2,1H3,(H,23,30)(H,27,28). The number of aromatic hydroxyl groups is 1. The molecule has 10 heteroatoms. The molecule has 0 bridgehead atoms. The number of carboxylic acid groups (broad SMARTS) is 1. The Morgan fingerprint density at radius 2 is 1.93 bits per heavy atom. The van der Waals surface area contributed by atoms with Crippen molar-refractivity contribution in [1.29, 1.82) is 0 Å². The number of anilines is 1. The van der Waals surface area contributed by atoms with Gasteiger partial charge < -0.3 is 20.4 Å². The first-order valence-electron chi connectivity index (χ1n) is 9.51. The molecule has 0 radical (unpaired) electrons. The summed E-state index contributed by atoms with van der Waals surface area (Å²) in [4.78, 5) is 33.5. The molecule has 0 saturated carbocycles. The summed E-state index contributed by atoms with van der Waals surface area (Å²) in [5, 5.41) is 22.3. The molecule has 1 aromatic carbocycles. The van der Waals surface area contributed by atoms with Crippen LogP contribution in [-0.4, -0.2) is 51.7 Å². The normalized spacial score (nSPS) is 14.6. The fraction of sp³-hybridized carbons (Fsp3) is 0.400. The van der Waals surface area contributed by atoms with Gasteiger partial charge in [-0.2, -0.15) is 0 Å². The number of aryl methyl sites for hydroxylation is 1. The molecular weight excluding hydrogens is 431 g/mol. The van der Waals surface area contributed by atoms with E-state index in [9.17, 15) is 14.7 Å². The van der Waals surface area contributed by atoms with Gasteiger partial charge in [-0.1, -0.05) is 23.2 Å². The molecule has 1 amide bonds. The number of carbonyl (C=O) groups excluding carboxylic acids is 1. The van der Waals surface area contributed by atoms with E-state index < -0.39 is 18.4 Å². The number of nitrogens with zero attached hydrogens (tertiary/aromatic N) is 3. The Labute approximate surface area is 183 Å². The van der Waals surface area contributed by atoms with Crippen LogP contribution >= 0.6 is 23.2 Å². The highest BCUT2D eigenvalue weighted by molar-refractivity contribution is 6.36. The second-order valence-corrected chi connectivity index (χ2v) is 8.07. The quantitative estimate of drug-likeness (QED) is 0.616. The maximum Gasteiger partial charge on any atom is 0.322 e. The zero-order chi connectivity index (χ0) is 21.8. The predicted molar refractivity (Wildman–Crippen MR) is 114 cm³/mol. The van der Waals surface area contributed by atoms with Crippen LogP contribution in [0.4, 0.5) is 5.69 Å². The summed E-state index contributed by atoms with van der Waals surface area (Å²) in [5.74, 6) is -1.50. The van der Waals surface area contributed by atoms with Gasteiger partial charge in [-0.25, -0.2) is 9.97 Å². The summed E-state index contributed by atoms with van der Waals surface area (Å²) < 4.78 is 0. The van der Waals surface area contributed by atoms with E-state index in [0.717, 1.165) is 31.6 Å². The SMILES string of the molecule is Cc1nc(CC2CCN(c3ccc(Cl)cc3Cl)CC2)nc(C(=O)NCC(=O)O)c1O. The van der Waals surface area contributed by atoms with Crippen LogP contribution in [0.25, 0.3) is 0 Å². The van der Waals surface area contributed by atoms with E-state index in [4.69, 9.17) is 28.3 Å². The van der Waals surface area contributed by atoms with Crippen molar-refractivity contribution in [2.75, 3.05) is 24.5 Å². The van der Waals surface area contributed by atoms with Crippen LogP contribution in [0.2, 0.25) is 10.0 Å². The number of benzene rings is 1. The van der Waals surface area contributed by atoms with E-state index in [1.54, 1.807) is 13.0 Å². The Morgan fingerprint density at radius 3 is 2.57 bits per heavy atom. The summed E-state index contributed by atoms with van der Waals surface area (Å²) in [6.45, 7) is 2.66. The first kappa shape index (κ1) is 22.1. The molecule has 1 aliphatic rings. The Kier molecular flexibility index (Phi) is 6.99. The zero-order valence-electron chi connectivity index (χ0n) is 16.4. The second kappa shape index (κ2) is 9.49. The number of rotatable bonds is 6. The number of nitrogens with one attached hydrogen (secondary N) is 1. The first-order chi connectivity index (χ1) is 14.2. The molecule has 1 fully saturated rings. The van der Waals surface area contributed by atoms with Gasteiger partial charge in [-0.15, -0.1) is 0 Å². The number of amides is 1. The van der Waals surface area contributed by atoms with E-state index in [0.29, 0.717) is 28.2 Å². The molecule has 1 aliphatic heterocycles. The summed E-state index contributed by atoms with van der Waals surface area (Å²) in [7, 11) is 0. The minimum absolute atomic E-state index is 0.205. The Bertz CT molecular complexity index is 962. The molecule has 3 rings (SSSR count). The number of aromatic nitrogens is 2.